The van der Waals surface area contributed by atoms with Gasteiger partial charge >= 0.3 is 0 Å². The second-order valence-electron chi connectivity index (χ2n) is 4.09. The molecule has 1 saturated heterocycles. The molecule has 1 aromatic carbocycles. The van der Waals surface area contributed by atoms with E-state index in [-0.39, 0.29) is 0 Å². The first-order chi connectivity index (χ1) is 8.38. The molecule has 0 atom stereocenters. The Hall–Kier alpha value is -1.17. The summed E-state index contributed by atoms with van der Waals surface area (Å²) in [6.07, 6.45) is 0. The molecule has 0 bridgehead atoms. The van der Waals surface area contributed by atoms with Gasteiger partial charge in [-0.1, -0.05) is 0 Å². The summed E-state index contributed by atoms with van der Waals surface area (Å²) in [5.41, 5.74) is 4.60. The largest absolute Gasteiger partial charge is 0.370 e. The number of piperazine rings is 1. The number of rotatable bonds is 2. The van der Waals surface area contributed by atoms with E-state index in [0.717, 1.165) is 37.4 Å². The maximum atomic E-state index is 5.99. The minimum Gasteiger partial charge on any atom is -0.370 e. The van der Waals surface area contributed by atoms with Crippen molar-refractivity contribution < 1.29 is 9.68 Å². The maximum Gasteiger partial charge on any atom is 0.198 e. The zero-order chi connectivity index (χ0) is 11.7. The third-order valence-corrected chi connectivity index (χ3v) is 3.34. The van der Waals surface area contributed by atoms with Crippen LogP contribution in [0.1, 0.15) is 5.56 Å². The van der Waals surface area contributed by atoms with Gasteiger partial charge < -0.3 is 19.9 Å². The van der Waals surface area contributed by atoms with E-state index in [2.05, 4.69) is 15.9 Å². The Morgan fingerprint density at radius 3 is 2.59 bits per heavy atom. The number of nitrogens with one attached hydrogen (secondary N) is 2. The van der Waals surface area contributed by atoms with Gasteiger partial charge in [-0.05, 0) is 11.6 Å². The summed E-state index contributed by atoms with van der Waals surface area (Å²) in [4.78, 5) is 12.6. The third kappa shape index (κ3) is 2.01. The first-order valence-corrected chi connectivity index (χ1v) is 6.19. The summed E-state index contributed by atoms with van der Waals surface area (Å²) in [6, 6.07) is 3.91. The fourth-order valence-electron chi connectivity index (χ4n) is 2.17. The molecule has 5 nitrogen and oxygen atoms in total. The van der Waals surface area contributed by atoms with E-state index < -0.39 is 0 Å². The smallest absolute Gasteiger partial charge is 0.198 e. The first kappa shape index (κ1) is 11.0. The van der Waals surface area contributed by atoms with Crippen LogP contribution in [0.25, 0.3) is 0 Å². The summed E-state index contributed by atoms with van der Waals surface area (Å²) >= 11 is 5.99. The maximum absolute atomic E-state index is 5.99. The molecule has 2 N–H and O–H groups in total. The Labute approximate surface area is 105 Å². The van der Waals surface area contributed by atoms with Gasteiger partial charge in [0.1, 0.15) is 0 Å². The highest BCUT2D eigenvalue weighted by Crippen LogP contribution is 2.37. The number of fused-ring (bicyclic) bond motifs is 1. The lowest BCUT2D eigenvalue weighted by Gasteiger charge is -2.31. The number of hydrogen-bond donors (Lipinski definition) is 2. The lowest BCUT2D eigenvalue weighted by atomic mass is 10.1. The van der Waals surface area contributed by atoms with Crippen LogP contribution in [-0.2, 0) is 5.88 Å². The van der Waals surface area contributed by atoms with Crippen molar-refractivity contribution in [3.63, 3.8) is 0 Å². The zero-order valence-electron chi connectivity index (χ0n) is 9.33. The average molecular weight is 256 g/mol. The van der Waals surface area contributed by atoms with Crippen molar-refractivity contribution in [2.45, 2.75) is 5.88 Å². The molecule has 2 aliphatic rings. The molecule has 0 saturated carbocycles. The van der Waals surface area contributed by atoms with Gasteiger partial charge in [-0.2, -0.15) is 0 Å². The molecule has 17 heavy (non-hydrogen) atoms. The van der Waals surface area contributed by atoms with Gasteiger partial charge in [0, 0.05) is 49.5 Å². The molecule has 0 aromatic heterocycles. The summed E-state index contributed by atoms with van der Waals surface area (Å²) in [6.45, 7) is 3.96. The van der Waals surface area contributed by atoms with Gasteiger partial charge in [0.05, 0.1) is 0 Å². The quantitative estimate of drug-likeness (QED) is 0.773. The molecule has 0 amide bonds. The lowest BCUT2D eigenvalue weighted by Crippen LogP contribution is -2.43. The molecule has 0 aliphatic carbocycles. The molecule has 2 heterocycles. The molecule has 0 unspecified atom stereocenters. The first-order valence-electron chi connectivity index (χ1n) is 5.66. The third-order valence-electron chi connectivity index (χ3n) is 3.05. The van der Waals surface area contributed by atoms with Crippen LogP contribution in [0.4, 0.5) is 5.69 Å². The molecule has 0 radical (unpaired) electrons. The van der Waals surface area contributed by atoms with E-state index in [9.17, 15) is 0 Å². The summed E-state index contributed by atoms with van der Waals surface area (Å²) < 4.78 is 0. The van der Waals surface area contributed by atoms with Crippen LogP contribution in [0.2, 0.25) is 0 Å². The summed E-state index contributed by atoms with van der Waals surface area (Å²) in [5.74, 6) is 1.88. The second kappa shape index (κ2) is 4.60. The number of nitrogens with zero attached hydrogens (tertiary/aromatic N) is 1. The monoisotopic (exact) mass is 255 g/mol. The molecular weight excluding hydrogens is 242 g/mol. The van der Waals surface area contributed by atoms with Crippen molar-refractivity contribution in [2.75, 3.05) is 31.1 Å². The second-order valence-corrected chi connectivity index (χ2v) is 4.35. The van der Waals surface area contributed by atoms with E-state index in [1.54, 1.807) is 0 Å². The predicted molar refractivity (Wildman–Crippen MR) is 65.5 cm³/mol. The van der Waals surface area contributed by atoms with Gasteiger partial charge in [0.15, 0.2) is 11.5 Å². The van der Waals surface area contributed by atoms with Crippen LogP contribution in [0.3, 0.4) is 0 Å². The summed E-state index contributed by atoms with van der Waals surface area (Å²) in [5, 5.41) is 3.33. The van der Waals surface area contributed by atoms with Gasteiger partial charge in [0.2, 0.25) is 0 Å². The highest BCUT2D eigenvalue weighted by Gasteiger charge is 2.21. The molecular formula is C11H14ClN3O2. The van der Waals surface area contributed by atoms with Gasteiger partial charge in [-0.15, -0.1) is 11.6 Å². The highest BCUT2D eigenvalue weighted by atomic mass is 35.5. The van der Waals surface area contributed by atoms with E-state index in [4.69, 9.17) is 21.3 Å². The topological polar surface area (TPSA) is 45.8 Å². The van der Waals surface area contributed by atoms with E-state index in [1.807, 2.05) is 12.1 Å². The normalized spacial score (nSPS) is 18.5. The van der Waals surface area contributed by atoms with E-state index >= 15 is 0 Å². The van der Waals surface area contributed by atoms with Gasteiger partial charge in [-0.3, -0.25) is 0 Å². The Balaban J connectivity index is 1.96. The van der Waals surface area contributed by atoms with Crippen LogP contribution in [0, 0.1) is 0 Å². The molecule has 2 aliphatic heterocycles. The molecule has 1 aromatic rings. The van der Waals surface area contributed by atoms with Crippen molar-refractivity contribution in [2.24, 2.45) is 0 Å². The molecule has 92 valence electrons. The molecule has 6 heteroatoms. The van der Waals surface area contributed by atoms with E-state index in [0.29, 0.717) is 17.4 Å². The lowest BCUT2D eigenvalue weighted by molar-refractivity contribution is 0.0259. The Morgan fingerprint density at radius 2 is 1.88 bits per heavy atom. The molecule has 1 fully saturated rings. The highest BCUT2D eigenvalue weighted by molar-refractivity contribution is 6.17. The van der Waals surface area contributed by atoms with E-state index in [1.165, 1.54) is 0 Å². The number of halogens is 1. The molecule has 0 spiro atoms. The Bertz CT molecular complexity index is 421. The summed E-state index contributed by atoms with van der Waals surface area (Å²) in [7, 11) is 0. The number of hydrogen-bond acceptors (Lipinski definition) is 5. The predicted octanol–water partition coefficient (Wildman–Crippen LogP) is 1.03. The van der Waals surface area contributed by atoms with Crippen molar-refractivity contribution >= 4 is 17.3 Å². The SMILES string of the molecule is ClCc1cc2c(cc1N1CCNCC1)ONO2. The van der Waals surface area contributed by atoms with Crippen LogP contribution in [0.5, 0.6) is 11.5 Å². The van der Waals surface area contributed by atoms with Crippen molar-refractivity contribution in [1.82, 2.24) is 11.0 Å². The minimum absolute atomic E-state index is 0.468. The fourth-order valence-corrected chi connectivity index (χ4v) is 2.38. The van der Waals surface area contributed by atoms with Crippen molar-refractivity contribution in [3.05, 3.63) is 17.7 Å². The number of alkyl halides is 1. The van der Waals surface area contributed by atoms with Crippen molar-refractivity contribution in [3.8, 4) is 11.5 Å². The van der Waals surface area contributed by atoms with Crippen LogP contribution in [-0.4, -0.2) is 26.2 Å². The van der Waals surface area contributed by atoms with Crippen LogP contribution < -0.4 is 25.5 Å². The standard InChI is InChI=1S/C11H14ClN3O2/c12-7-8-5-10-11(17-14-16-10)6-9(8)15-3-1-13-2-4-15/h5-6,13-14H,1-4,7H2. The zero-order valence-corrected chi connectivity index (χ0v) is 10.1. The van der Waals surface area contributed by atoms with Gasteiger partial charge in [-0.25, -0.2) is 0 Å². The fraction of sp³-hybridized carbons (Fsp3) is 0.455. The van der Waals surface area contributed by atoms with Crippen molar-refractivity contribution in [1.29, 1.82) is 0 Å². The Morgan fingerprint density at radius 1 is 1.18 bits per heavy atom. The minimum atomic E-state index is 0.468. The van der Waals surface area contributed by atoms with Gasteiger partial charge in [0.25, 0.3) is 0 Å². The van der Waals surface area contributed by atoms with Crippen LogP contribution >= 0.6 is 11.6 Å². The Kier molecular flexibility index (Phi) is 2.96. The van der Waals surface area contributed by atoms with Crippen LogP contribution in [0.15, 0.2) is 12.1 Å². The number of benzene rings is 1. The molecule has 3 rings (SSSR count). The number of anilines is 1. The average Bonchev–Trinajstić information content (AvgIpc) is 2.85.